The van der Waals surface area contributed by atoms with Crippen LogP contribution in [0.4, 0.5) is 0 Å². The van der Waals surface area contributed by atoms with E-state index in [9.17, 15) is 8.42 Å². The first kappa shape index (κ1) is 16.9. The molecule has 0 aliphatic heterocycles. The monoisotopic (exact) mass is 330 g/mol. The fourth-order valence-electron chi connectivity index (χ4n) is 2.65. The van der Waals surface area contributed by atoms with Crippen molar-refractivity contribution >= 4 is 21.4 Å². The van der Waals surface area contributed by atoms with Gasteiger partial charge in [0.2, 0.25) is 10.0 Å². The van der Waals surface area contributed by atoms with Crippen molar-refractivity contribution < 1.29 is 8.42 Å². The summed E-state index contributed by atoms with van der Waals surface area (Å²) in [4.78, 5) is 1.06. The average Bonchev–Trinajstić information content (AvgIpc) is 2.88. The van der Waals surface area contributed by atoms with Crippen LogP contribution < -0.4 is 10.0 Å². The molecular weight excluding hydrogens is 304 g/mol. The maximum absolute atomic E-state index is 12.5. The summed E-state index contributed by atoms with van der Waals surface area (Å²) < 4.78 is 28.3. The predicted molar refractivity (Wildman–Crippen MR) is 88.0 cm³/mol. The van der Waals surface area contributed by atoms with Crippen molar-refractivity contribution in [3.05, 3.63) is 17.0 Å². The molecule has 1 aromatic rings. The summed E-state index contributed by atoms with van der Waals surface area (Å²) in [5.41, 5.74) is 0. The van der Waals surface area contributed by atoms with Gasteiger partial charge in [-0.2, -0.15) is 0 Å². The van der Waals surface area contributed by atoms with Crippen LogP contribution in [0.15, 0.2) is 16.3 Å². The summed E-state index contributed by atoms with van der Waals surface area (Å²) in [5.74, 6) is 0.426. The van der Waals surface area contributed by atoms with Gasteiger partial charge >= 0.3 is 0 Å². The summed E-state index contributed by atoms with van der Waals surface area (Å²) in [6, 6.07) is 4.10. The average molecular weight is 331 g/mol. The van der Waals surface area contributed by atoms with Crippen molar-refractivity contribution in [1.29, 1.82) is 0 Å². The standard InChI is InChI=1S/C15H26N2O2S2/c1-11(2)16-10-13-8-9-15(20-13)21(18,19)17-14-7-5-4-6-12(14)3/h8-9,11-12,14,16-17H,4-7,10H2,1-3H3. The highest BCUT2D eigenvalue weighted by molar-refractivity contribution is 7.91. The molecule has 0 bridgehead atoms. The van der Waals surface area contributed by atoms with E-state index in [0.717, 1.165) is 30.7 Å². The fraction of sp³-hybridized carbons (Fsp3) is 0.733. The second-order valence-corrected chi connectivity index (χ2v) is 9.36. The minimum atomic E-state index is -3.37. The van der Waals surface area contributed by atoms with Gasteiger partial charge in [-0.1, -0.05) is 33.6 Å². The van der Waals surface area contributed by atoms with Crippen LogP contribution in [-0.2, 0) is 16.6 Å². The first-order chi connectivity index (χ1) is 9.88. The minimum absolute atomic E-state index is 0.0862. The molecule has 1 aromatic heterocycles. The van der Waals surface area contributed by atoms with Gasteiger partial charge in [0.1, 0.15) is 4.21 Å². The molecule has 0 amide bonds. The van der Waals surface area contributed by atoms with E-state index in [1.54, 1.807) is 6.07 Å². The summed E-state index contributed by atoms with van der Waals surface area (Å²) >= 11 is 1.36. The number of thiophene rings is 1. The Hall–Kier alpha value is -0.430. The number of hydrogen-bond donors (Lipinski definition) is 2. The Morgan fingerprint density at radius 2 is 2.00 bits per heavy atom. The van der Waals surface area contributed by atoms with Crippen LogP contribution in [0.1, 0.15) is 51.3 Å². The van der Waals surface area contributed by atoms with E-state index in [4.69, 9.17) is 0 Å². The molecule has 1 aliphatic rings. The maximum Gasteiger partial charge on any atom is 0.250 e. The molecule has 1 fully saturated rings. The zero-order valence-corrected chi connectivity index (χ0v) is 14.7. The van der Waals surface area contributed by atoms with Crippen LogP contribution in [0.2, 0.25) is 0 Å². The van der Waals surface area contributed by atoms with E-state index >= 15 is 0 Å². The quantitative estimate of drug-likeness (QED) is 0.842. The molecule has 4 nitrogen and oxygen atoms in total. The third kappa shape index (κ3) is 4.77. The molecule has 1 heterocycles. The SMILES string of the molecule is CC(C)NCc1ccc(S(=O)(=O)NC2CCCCC2C)s1. The molecule has 6 heteroatoms. The van der Waals surface area contributed by atoms with E-state index in [0.29, 0.717) is 16.2 Å². The van der Waals surface area contributed by atoms with Crippen LogP contribution >= 0.6 is 11.3 Å². The third-order valence-corrected chi connectivity index (χ3v) is 7.07. The highest BCUT2D eigenvalue weighted by Crippen LogP contribution is 2.27. The molecule has 2 rings (SSSR count). The fourth-order valence-corrected chi connectivity index (χ4v) is 5.35. The van der Waals surface area contributed by atoms with Gasteiger partial charge in [-0.05, 0) is 30.9 Å². The molecule has 0 spiro atoms. The highest BCUT2D eigenvalue weighted by Gasteiger charge is 2.27. The first-order valence-electron chi connectivity index (χ1n) is 7.73. The maximum atomic E-state index is 12.5. The Morgan fingerprint density at radius 3 is 2.67 bits per heavy atom. The van der Waals surface area contributed by atoms with E-state index in [1.165, 1.54) is 17.8 Å². The van der Waals surface area contributed by atoms with Crippen LogP contribution in [0, 0.1) is 5.92 Å². The minimum Gasteiger partial charge on any atom is -0.310 e. The molecule has 1 saturated carbocycles. The lowest BCUT2D eigenvalue weighted by molar-refractivity contribution is 0.310. The van der Waals surface area contributed by atoms with Crippen LogP contribution in [0.5, 0.6) is 0 Å². The largest absolute Gasteiger partial charge is 0.310 e. The lowest BCUT2D eigenvalue weighted by Crippen LogP contribution is -2.40. The van der Waals surface area contributed by atoms with Crippen molar-refractivity contribution in [2.45, 2.75) is 69.3 Å². The zero-order valence-electron chi connectivity index (χ0n) is 13.1. The Balaban J connectivity index is 2.02. The lowest BCUT2D eigenvalue weighted by Gasteiger charge is -2.28. The van der Waals surface area contributed by atoms with E-state index in [1.807, 2.05) is 6.07 Å². The summed E-state index contributed by atoms with van der Waals surface area (Å²) in [6.45, 7) is 7.02. The molecule has 21 heavy (non-hydrogen) atoms. The van der Waals surface area contributed by atoms with Crippen molar-refractivity contribution in [2.75, 3.05) is 0 Å². The van der Waals surface area contributed by atoms with E-state index < -0.39 is 10.0 Å². The Kier molecular flexibility index (Phi) is 5.82. The second kappa shape index (κ2) is 7.22. The summed E-state index contributed by atoms with van der Waals surface area (Å²) in [6.07, 6.45) is 4.39. The molecule has 2 N–H and O–H groups in total. The van der Waals surface area contributed by atoms with E-state index in [-0.39, 0.29) is 6.04 Å². The first-order valence-corrected chi connectivity index (χ1v) is 10.0. The smallest absolute Gasteiger partial charge is 0.250 e. The number of sulfonamides is 1. The zero-order chi connectivity index (χ0) is 15.5. The Morgan fingerprint density at radius 1 is 1.29 bits per heavy atom. The van der Waals surface area contributed by atoms with Gasteiger partial charge in [0, 0.05) is 23.5 Å². The van der Waals surface area contributed by atoms with Crippen molar-refractivity contribution in [1.82, 2.24) is 10.0 Å². The van der Waals surface area contributed by atoms with Crippen molar-refractivity contribution in [3.63, 3.8) is 0 Å². The van der Waals surface area contributed by atoms with E-state index in [2.05, 4.69) is 30.8 Å². The van der Waals surface area contributed by atoms with Gasteiger partial charge in [0.05, 0.1) is 0 Å². The van der Waals surface area contributed by atoms with Gasteiger partial charge in [0.25, 0.3) is 0 Å². The van der Waals surface area contributed by atoms with Gasteiger partial charge in [-0.15, -0.1) is 11.3 Å². The molecule has 1 aliphatic carbocycles. The Labute approximate surface area is 132 Å². The molecule has 0 saturated heterocycles. The molecule has 0 aromatic carbocycles. The van der Waals surface area contributed by atoms with Crippen LogP contribution in [-0.4, -0.2) is 20.5 Å². The van der Waals surface area contributed by atoms with Gasteiger partial charge in [0.15, 0.2) is 0 Å². The normalized spacial score (nSPS) is 23.6. The molecular formula is C15H26N2O2S2. The van der Waals surface area contributed by atoms with Gasteiger partial charge < -0.3 is 5.32 Å². The third-order valence-electron chi connectivity index (χ3n) is 4.00. The van der Waals surface area contributed by atoms with Gasteiger partial charge in [-0.25, -0.2) is 13.1 Å². The summed E-state index contributed by atoms with van der Waals surface area (Å²) in [5, 5.41) is 3.31. The van der Waals surface area contributed by atoms with Crippen molar-refractivity contribution in [2.24, 2.45) is 5.92 Å². The number of rotatable bonds is 6. The topological polar surface area (TPSA) is 58.2 Å². The van der Waals surface area contributed by atoms with Crippen LogP contribution in [0.25, 0.3) is 0 Å². The van der Waals surface area contributed by atoms with Crippen LogP contribution in [0.3, 0.4) is 0 Å². The Bertz CT molecular complexity index is 552. The number of nitrogens with one attached hydrogen (secondary N) is 2. The lowest BCUT2D eigenvalue weighted by atomic mass is 9.87. The van der Waals surface area contributed by atoms with Gasteiger partial charge in [-0.3, -0.25) is 0 Å². The molecule has 120 valence electrons. The highest BCUT2D eigenvalue weighted by atomic mass is 32.2. The second-order valence-electron chi connectivity index (χ2n) is 6.25. The van der Waals surface area contributed by atoms with Crippen molar-refractivity contribution in [3.8, 4) is 0 Å². The number of hydrogen-bond acceptors (Lipinski definition) is 4. The predicted octanol–water partition coefficient (Wildman–Crippen LogP) is 3.10. The summed E-state index contributed by atoms with van der Waals surface area (Å²) in [7, 11) is -3.37. The molecule has 2 unspecified atom stereocenters. The molecule has 0 radical (unpaired) electrons. The molecule has 2 atom stereocenters.